The van der Waals surface area contributed by atoms with Gasteiger partial charge in [0.1, 0.15) is 22.3 Å². The number of hydrogen-bond donors (Lipinski definition) is 0. The van der Waals surface area contributed by atoms with Gasteiger partial charge in [-0.3, -0.25) is 0 Å². The van der Waals surface area contributed by atoms with E-state index in [0.717, 1.165) is 55.6 Å². The molecular weight excluding hydrogens is 923 g/mol. The molecule has 0 spiro atoms. The Kier molecular flexibility index (Phi) is 8.65. The molecule has 0 N–H and O–H groups in total. The predicted molar refractivity (Wildman–Crippen MR) is 317 cm³/mol. The lowest BCUT2D eigenvalue weighted by atomic mass is 9.72. The van der Waals surface area contributed by atoms with E-state index in [2.05, 4.69) is 259 Å². The molecule has 16 rings (SSSR count). The molecule has 0 saturated carbocycles. The fourth-order valence-corrected chi connectivity index (χ4v) is 14.5. The summed E-state index contributed by atoms with van der Waals surface area (Å²) in [6.45, 7) is 14.5. The molecule has 0 amide bonds. The zero-order valence-corrected chi connectivity index (χ0v) is 43.5. The lowest BCUT2D eigenvalue weighted by Gasteiger charge is -2.32. The highest BCUT2D eigenvalue weighted by Crippen LogP contribution is 2.64. The molecule has 3 nitrogen and oxygen atoms in total. The number of benzene rings is 11. The van der Waals surface area contributed by atoms with Crippen molar-refractivity contribution in [3.8, 4) is 55.6 Å². The van der Waals surface area contributed by atoms with Gasteiger partial charge in [0.05, 0.1) is 5.69 Å². The van der Waals surface area contributed by atoms with Crippen LogP contribution in [-0.2, 0) is 16.2 Å². The summed E-state index contributed by atoms with van der Waals surface area (Å²) in [7, 11) is 0. The highest BCUT2D eigenvalue weighted by Gasteiger charge is 2.49. The van der Waals surface area contributed by atoms with Crippen LogP contribution >= 0.6 is 0 Å². The van der Waals surface area contributed by atoms with Crippen molar-refractivity contribution >= 4 is 71.7 Å². The van der Waals surface area contributed by atoms with E-state index in [-0.39, 0.29) is 16.2 Å². The van der Waals surface area contributed by atoms with Crippen LogP contribution in [0.25, 0.3) is 110 Å². The quantitative estimate of drug-likeness (QED) is 0.172. The topological polar surface area (TPSA) is 29.5 Å². The first kappa shape index (κ1) is 43.5. The van der Waals surface area contributed by atoms with Gasteiger partial charge in [0, 0.05) is 65.9 Å². The SMILES string of the molecule is CC1(C)c2cc(N(c3ccc4c(c3)C(C)(C)c3c5c(c6oc7ccccc7c6c3-4)-c3ccccc3C5(C)C)c3ccccc3-c3ccccc3)ccc2-c2c1cc(-c1cccc3ccccc13)c1c2oc2ccccc21. The fraction of sp³-hybridized carbons (Fsp3) is 0.123. The Morgan fingerprint density at radius 2 is 0.842 bits per heavy atom. The second-order valence-electron chi connectivity index (χ2n) is 23.1. The average molecular weight is 976 g/mol. The van der Waals surface area contributed by atoms with Crippen molar-refractivity contribution in [2.45, 2.75) is 57.8 Å². The lowest BCUT2D eigenvalue weighted by molar-refractivity contribution is 0.600. The molecule has 362 valence electrons. The van der Waals surface area contributed by atoms with Crippen LogP contribution in [0.4, 0.5) is 17.1 Å². The second kappa shape index (κ2) is 15.1. The number of furan rings is 2. The molecule has 0 unspecified atom stereocenters. The molecule has 0 saturated heterocycles. The van der Waals surface area contributed by atoms with Crippen LogP contribution in [0.3, 0.4) is 0 Å². The third-order valence-corrected chi connectivity index (χ3v) is 18.0. The van der Waals surface area contributed by atoms with Crippen molar-refractivity contribution in [2.75, 3.05) is 4.90 Å². The normalized spacial score (nSPS) is 15.0. The lowest BCUT2D eigenvalue weighted by Crippen LogP contribution is -2.24. The van der Waals surface area contributed by atoms with Gasteiger partial charge in [-0.05, 0) is 132 Å². The van der Waals surface area contributed by atoms with E-state index in [1.807, 2.05) is 0 Å². The first-order valence-electron chi connectivity index (χ1n) is 26.8. The molecule has 11 aromatic carbocycles. The summed E-state index contributed by atoms with van der Waals surface area (Å²) in [5, 5.41) is 7.14. The zero-order chi connectivity index (χ0) is 51.0. The Labute approximate surface area is 442 Å². The first-order chi connectivity index (χ1) is 37.0. The molecule has 3 aliphatic rings. The summed E-state index contributed by atoms with van der Waals surface area (Å²) in [6.07, 6.45) is 0. The highest BCUT2D eigenvalue weighted by atomic mass is 16.3. The zero-order valence-electron chi connectivity index (χ0n) is 43.5. The van der Waals surface area contributed by atoms with Crippen molar-refractivity contribution in [1.29, 1.82) is 0 Å². The van der Waals surface area contributed by atoms with Gasteiger partial charge in [0.15, 0.2) is 0 Å². The van der Waals surface area contributed by atoms with E-state index < -0.39 is 0 Å². The Morgan fingerprint density at radius 1 is 0.329 bits per heavy atom. The minimum atomic E-state index is -0.372. The Bertz CT molecular complexity index is 4670. The summed E-state index contributed by atoms with van der Waals surface area (Å²) in [6, 6.07) is 78.4. The monoisotopic (exact) mass is 975 g/mol. The van der Waals surface area contributed by atoms with E-state index in [1.165, 1.54) is 105 Å². The maximum Gasteiger partial charge on any atom is 0.144 e. The van der Waals surface area contributed by atoms with Crippen LogP contribution < -0.4 is 4.90 Å². The van der Waals surface area contributed by atoms with Crippen molar-refractivity contribution in [3.05, 3.63) is 246 Å². The fourth-order valence-electron chi connectivity index (χ4n) is 14.5. The van der Waals surface area contributed by atoms with Gasteiger partial charge in [0.25, 0.3) is 0 Å². The van der Waals surface area contributed by atoms with E-state index in [1.54, 1.807) is 0 Å². The minimum absolute atomic E-state index is 0.246. The van der Waals surface area contributed by atoms with E-state index in [9.17, 15) is 0 Å². The van der Waals surface area contributed by atoms with Gasteiger partial charge in [-0.25, -0.2) is 0 Å². The molecule has 0 aliphatic heterocycles. The molecule has 2 aromatic heterocycles. The van der Waals surface area contributed by atoms with Gasteiger partial charge >= 0.3 is 0 Å². The third-order valence-electron chi connectivity index (χ3n) is 18.0. The molecule has 0 atom stereocenters. The molecule has 76 heavy (non-hydrogen) atoms. The van der Waals surface area contributed by atoms with Crippen LogP contribution in [-0.4, -0.2) is 0 Å². The number of hydrogen-bond acceptors (Lipinski definition) is 3. The van der Waals surface area contributed by atoms with Crippen molar-refractivity contribution < 1.29 is 8.83 Å². The molecular formula is C73H53NO2. The van der Waals surface area contributed by atoms with Crippen LogP contribution in [0.5, 0.6) is 0 Å². The van der Waals surface area contributed by atoms with Crippen molar-refractivity contribution in [1.82, 2.24) is 0 Å². The first-order valence-corrected chi connectivity index (χ1v) is 26.8. The van der Waals surface area contributed by atoms with Gasteiger partial charge in [-0.15, -0.1) is 0 Å². The Morgan fingerprint density at radius 3 is 1.58 bits per heavy atom. The number of para-hydroxylation sites is 3. The Hall–Kier alpha value is -8.92. The van der Waals surface area contributed by atoms with Crippen molar-refractivity contribution in [3.63, 3.8) is 0 Å². The van der Waals surface area contributed by atoms with Crippen molar-refractivity contribution in [2.24, 2.45) is 0 Å². The van der Waals surface area contributed by atoms with Crippen LogP contribution in [0.2, 0.25) is 0 Å². The molecule has 2 heterocycles. The summed E-state index contributed by atoms with van der Waals surface area (Å²) in [4.78, 5) is 2.52. The van der Waals surface area contributed by atoms with Gasteiger partial charge < -0.3 is 13.7 Å². The Balaban J connectivity index is 0.933. The van der Waals surface area contributed by atoms with Crippen LogP contribution in [0.15, 0.2) is 221 Å². The largest absolute Gasteiger partial charge is 0.455 e. The summed E-state index contributed by atoms with van der Waals surface area (Å²) < 4.78 is 14.1. The van der Waals surface area contributed by atoms with E-state index >= 15 is 0 Å². The number of anilines is 3. The molecule has 0 fully saturated rings. The van der Waals surface area contributed by atoms with Gasteiger partial charge in [-0.2, -0.15) is 0 Å². The maximum absolute atomic E-state index is 7.08. The molecule has 13 aromatic rings. The maximum atomic E-state index is 7.08. The van der Waals surface area contributed by atoms with Gasteiger partial charge in [-0.1, -0.05) is 205 Å². The molecule has 0 bridgehead atoms. The van der Waals surface area contributed by atoms with Crippen LogP contribution in [0.1, 0.15) is 74.9 Å². The molecule has 3 aliphatic carbocycles. The number of fused-ring (bicyclic) bond motifs is 20. The third kappa shape index (κ3) is 5.62. The summed E-state index contributed by atoms with van der Waals surface area (Å²) >= 11 is 0. The minimum Gasteiger partial charge on any atom is -0.455 e. The summed E-state index contributed by atoms with van der Waals surface area (Å²) in [5.74, 6) is 0. The predicted octanol–water partition coefficient (Wildman–Crippen LogP) is 20.4. The number of nitrogens with zero attached hydrogens (tertiary/aromatic N) is 1. The second-order valence-corrected chi connectivity index (χ2v) is 23.1. The molecule has 3 heteroatoms. The highest BCUT2D eigenvalue weighted by molar-refractivity contribution is 6.22. The smallest absolute Gasteiger partial charge is 0.144 e. The average Bonchev–Trinajstić information content (AvgIpc) is 4.34. The van der Waals surface area contributed by atoms with E-state index in [0.29, 0.717) is 0 Å². The summed E-state index contributed by atoms with van der Waals surface area (Å²) in [5.41, 5.74) is 26.4. The van der Waals surface area contributed by atoms with Gasteiger partial charge in [0.2, 0.25) is 0 Å². The molecule has 0 radical (unpaired) electrons. The van der Waals surface area contributed by atoms with E-state index in [4.69, 9.17) is 8.83 Å². The number of rotatable bonds is 5. The standard InChI is InChI=1S/C73H53NO2/c1-71(2)56-39-44(35-37-50(56)63-58(71)41-54(48-30-20-24-42-23-10-11-25-46(42)48)62-52-28-14-18-33-60(52)75-69(62)63)74(59-32-17-13-26-47(59)43-21-8-7-9-22-43)45-36-38-51-57(40-45)73(5,6)67-64(51)65-53-29-15-19-34-61(53)76-70(65)66-49-27-12-16-31-55(49)72(3,4)68(66)67/h7-41H,1-6H3. The van der Waals surface area contributed by atoms with Crippen LogP contribution in [0, 0.1) is 0 Å².